The highest BCUT2D eigenvalue weighted by Crippen LogP contribution is 2.24. The molecule has 10 heteroatoms. The van der Waals surface area contributed by atoms with E-state index in [0.29, 0.717) is 30.4 Å². The first-order chi connectivity index (χ1) is 17.7. The minimum atomic E-state index is -0.258. The Hall–Kier alpha value is -4.05. The Labute approximate surface area is 208 Å². The lowest BCUT2D eigenvalue weighted by Gasteiger charge is -2.25. The number of nitrogens with two attached hydrogens (primary N) is 1. The zero-order chi connectivity index (χ0) is 24.7. The summed E-state index contributed by atoms with van der Waals surface area (Å²) in [5.74, 6) is 0.573. The summed E-state index contributed by atoms with van der Waals surface area (Å²) in [6.45, 7) is 4.09. The molecule has 2 aromatic heterocycles. The van der Waals surface area contributed by atoms with Crippen LogP contribution in [-0.2, 0) is 11.4 Å². The number of rotatable bonds is 9. The van der Waals surface area contributed by atoms with E-state index in [-0.39, 0.29) is 5.82 Å². The monoisotopic (exact) mass is 488 g/mol. The molecule has 5 rings (SSSR count). The summed E-state index contributed by atoms with van der Waals surface area (Å²) in [7, 11) is 0. The molecule has 0 bridgehead atoms. The highest BCUT2D eigenvalue weighted by Gasteiger charge is 2.11. The second-order valence-corrected chi connectivity index (χ2v) is 8.82. The number of aromatic nitrogens is 4. The van der Waals surface area contributed by atoms with Crippen molar-refractivity contribution in [2.45, 2.75) is 25.8 Å². The third-order valence-electron chi connectivity index (χ3n) is 6.24. The smallest absolute Gasteiger partial charge is 0.144 e. The van der Waals surface area contributed by atoms with Gasteiger partial charge in [-0.05, 0) is 61.8 Å². The van der Waals surface area contributed by atoms with Crippen LogP contribution < -0.4 is 11.1 Å². The molecule has 1 aliphatic heterocycles. The topological polar surface area (TPSA) is 106 Å². The molecular formula is C26H29FN8O. The van der Waals surface area contributed by atoms with Crippen LogP contribution in [0.4, 0.5) is 21.7 Å². The molecule has 0 radical (unpaired) electrons. The molecule has 186 valence electrons. The number of piperidine rings is 1. The second kappa shape index (κ2) is 11.1. The maximum absolute atomic E-state index is 13.5. The van der Waals surface area contributed by atoms with E-state index in [4.69, 9.17) is 10.6 Å². The van der Waals surface area contributed by atoms with Crippen molar-refractivity contribution in [2.75, 3.05) is 37.3 Å². The van der Waals surface area contributed by atoms with E-state index >= 15 is 0 Å². The van der Waals surface area contributed by atoms with Crippen LogP contribution in [-0.4, -0.2) is 57.1 Å². The van der Waals surface area contributed by atoms with Crippen LogP contribution in [0.5, 0.6) is 0 Å². The Balaban J connectivity index is 1.26. The largest absolute Gasteiger partial charge is 0.394 e. The SMILES string of the molecule is Nc1ncnc(Nc2ccc3c(cnn3Cc3cccc(F)c3)c2)c1C=NOCCN1CCCCC1. The first-order valence-corrected chi connectivity index (χ1v) is 12.1. The summed E-state index contributed by atoms with van der Waals surface area (Å²) >= 11 is 0. The van der Waals surface area contributed by atoms with Gasteiger partial charge in [-0.2, -0.15) is 5.10 Å². The van der Waals surface area contributed by atoms with Gasteiger partial charge in [-0.3, -0.25) is 9.58 Å². The second-order valence-electron chi connectivity index (χ2n) is 8.82. The minimum Gasteiger partial charge on any atom is -0.394 e. The van der Waals surface area contributed by atoms with Gasteiger partial charge in [0.1, 0.15) is 30.4 Å². The molecule has 0 amide bonds. The molecule has 36 heavy (non-hydrogen) atoms. The Morgan fingerprint density at radius 3 is 2.86 bits per heavy atom. The summed E-state index contributed by atoms with van der Waals surface area (Å²) in [6, 6.07) is 12.4. The summed E-state index contributed by atoms with van der Waals surface area (Å²) in [4.78, 5) is 16.3. The van der Waals surface area contributed by atoms with Gasteiger partial charge in [-0.15, -0.1) is 0 Å². The number of hydrogen-bond donors (Lipinski definition) is 2. The number of likely N-dealkylation sites (tertiary alicyclic amines) is 1. The molecule has 4 aromatic rings. The molecule has 3 N–H and O–H groups in total. The van der Waals surface area contributed by atoms with Gasteiger partial charge in [0.25, 0.3) is 0 Å². The maximum Gasteiger partial charge on any atom is 0.144 e. The summed E-state index contributed by atoms with van der Waals surface area (Å²) in [6.07, 6.45) is 8.53. The minimum absolute atomic E-state index is 0.258. The van der Waals surface area contributed by atoms with Crippen LogP contribution in [0.15, 0.2) is 60.1 Å². The lowest BCUT2D eigenvalue weighted by atomic mass is 10.1. The van der Waals surface area contributed by atoms with Crippen LogP contribution in [0, 0.1) is 5.82 Å². The van der Waals surface area contributed by atoms with Crippen molar-refractivity contribution in [3.8, 4) is 0 Å². The molecule has 0 saturated carbocycles. The number of fused-ring (bicyclic) bond motifs is 1. The van der Waals surface area contributed by atoms with E-state index < -0.39 is 0 Å². The predicted octanol–water partition coefficient (Wildman–Crippen LogP) is 4.18. The van der Waals surface area contributed by atoms with Crippen molar-refractivity contribution in [3.63, 3.8) is 0 Å². The average molecular weight is 489 g/mol. The zero-order valence-corrected chi connectivity index (χ0v) is 20.0. The number of hydrogen-bond acceptors (Lipinski definition) is 8. The molecule has 0 atom stereocenters. The molecule has 1 fully saturated rings. The Morgan fingerprint density at radius 1 is 1.11 bits per heavy atom. The van der Waals surface area contributed by atoms with E-state index in [2.05, 4.69) is 30.4 Å². The predicted molar refractivity (Wildman–Crippen MR) is 139 cm³/mol. The summed E-state index contributed by atoms with van der Waals surface area (Å²) in [5, 5.41) is 12.8. The lowest BCUT2D eigenvalue weighted by Crippen LogP contribution is -2.32. The van der Waals surface area contributed by atoms with Gasteiger partial charge >= 0.3 is 0 Å². The molecule has 0 unspecified atom stereocenters. The van der Waals surface area contributed by atoms with Crippen molar-refractivity contribution < 1.29 is 9.23 Å². The average Bonchev–Trinajstić information content (AvgIpc) is 3.28. The van der Waals surface area contributed by atoms with Crippen molar-refractivity contribution in [1.82, 2.24) is 24.6 Å². The van der Waals surface area contributed by atoms with Gasteiger partial charge in [0.15, 0.2) is 0 Å². The molecule has 0 aliphatic carbocycles. The Kier molecular flexibility index (Phi) is 7.32. The van der Waals surface area contributed by atoms with E-state index in [1.165, 1.54) is 37.7 Å². The maximum atomic E-state index is 13.5. The number of halogens is 1. The van der Waals surface area contributed by atoms with Crippen molar-refractivity contribution in [1.29, 1.82) is 0 Å². The van der Waals surface area contributed by atoms with Gasteiger partial charge < -0.3 is 15.9 Å². The fourth-order valence-corrected chi connectivity index (χ4v) is 4.37. The molecule has 1 aliphatic rings. The van der Waals surface area contributed by atoms with E-state index in [9.17, 15) is 4.39 Å². The van der Waals surface area contributed by atoms with Gasteiger partial charge in [0, 0.05) is 17.6 Å². The molecule has 9 nitrogen and oxygen atoms in total. The van der Waals surface area contributed by atoms with Crippen LogP contribution in [0.25, 0.3) is 10.9 Å². The molecule has 3 heterocycles. The van der Waals surface area contributed by atoms with E-state index in [1.807, 2.05) is 28.9 Å². The standard InChI is InChI=1S/C26H29FN8O/c27-21-6-4-5-19(13-21)17-35-24-8-7-22(14-20(24)15-31-35)33-26-23(25(28)29-18-30-26)16-32-36-12-11-34-9-2-1-3-10-34/h4-8,13-16,18H,1-3,9-12,17H2,(H3,28,29,30,33). The fourth-order valence-electron chi connectivity index (χ4n) is 4.37. The van der Waals surface area contributed by atoms with Crippen molar-refractivity contribution in [3.05, 3.63) is 71.9 Å². The molecular weight excluding hydrogens is 459 g/mol. The van der Waals surface area contributed by atoms with E-state index in [1.54, 1.807) is 18.5 Å². The van der Waals surface area contributed by atoms with Gasteiger partial charge in [0.2, 0.25) is 0 Å². The quantitative estimate of drug-likeness (QED) is 0.207. The number of anilines is 3. The lowest BCUT2D eigenvalue weighted by molar-refractivity contribution is 0.103. The van der Waals surface area contributed by atoms with Gasteiger partial charge in [-0.1, -0.05) is 23.7 Å². The van der Waals surface area contributed by atoms with Crippen LogP contribution in [0.1, 0.15) is 30.4 Å². The highest BCUT2D eigenvalue weighted by atomic mass is 19.1. The first kappa shape index (κ1) is 23.7. The number of benzene rings is 2. The number of nitrogens with zero attached hydrogens (tertiary/aromatic N) is 6. The van der Waals surface area contributed by atoms with Crippen LogP contribution in [0.3, 0.4) is 0 Å². The van der Waals surface area contributed by atoms with Crippen molar-refractivity contribution >= 4 is 34.4 Å². The third-order valence-corrected chi connectivity index (χ3v) is 6.24. The fraction of sp³-hybridized carbons (Fsp3) is 0.308. The Bertz CT molecular complexity index is 1350. The molecule has 1 saturated heterocycles. The van der Waals surface area contributed by atoms with Gasteiger partial charge in [-0.25, -0.2) is 14.4 Å². The number of nitrogens with one attached hydrogen (secondary N) is 1. The van der Waals surface area contributed by atoms with E-state index in [0.717, 1.165) is 41.8 Å². The highest BCUT2D eigenvalue weighted by molar-refractivity contribution is 5.93. The number of oxime groups is 1. The number of nitrogen functional groups attached to an aromatic ring is 1. The summed E-state index contributed by atoms with van der Waals surface area (Å²) in [5.41, 5.74) is 9.25. The Morgan fingerprint density at radius 2 is 2.00 bits per heavy atom. The summed E-state index contributed by atoms with van der Waals surface area (Å²) < 4.78 is 15.4. The van der Waals surface area contributed by atoms with Crippen LogP contribution >= 0.6 is 0 Å². The normalized spacial score (nSPS) is 14.5. The van der Waals surface area contributed by atoms with Gasteiger partial charge in [0.05, 0.1) is 30.0 Å². The first-order valence-electron chi connectivity index (χ1n) is 12.1. The van der Waals surface area contributed by atoms with Crippen molar-refractivity contribution in [2.24, 2.45) is 5.16 Å². The molecule has 0 spiro atoms. The third kappa shape index (κ3) is 5.77. The zero-order valence-electron chi connectivity index (χ0n) is 20.0. The molecule has 2 aromatic carbocycles. The van der Waals surface area contributed by atoms with Crippen LogP contribution in [0.2, 0.25) is 0 Å².